The molecule has 2 aromatic carbocycles. The maximum absolute atomic E-state index is 11.8. The van der Waals surface area contributed by atoms with Crippen molar-refractivity contribution < 1.29 is 4.79 Å². The Morgan fingerprint density at radius 3 is 2.50 bits per heavy atom. The summed E-state index contributed by atoms with van der Waals surface area (Å²) < 4.78 is 0. The molecule has 1 unspecified atom stereocenters. The highest BCUT2D eigenvalue weighted by atomic mass is 16.1. The minimum atomic E-state index is -0.296. The fraction of sp³-hybridized carbons (Fsp3) is 0.118. The molecule has 3 nitrogen and oxygen atoms in total. The highest BCUT2D eigenvalue weighted by Gasteiger charge is 2.19. The number of hydrogen-bond donors (Lipinski definition) is 2. The summed E-state index contributed by atoms with van der Waals surface area (Å²) in [7, 11) is 0. The first-order valence-corrected chi connectivity index (χ1v) is 6.65. The van der Waals surface area contributed by atoms with Crippen LogP contribution in [0.4, 0.5) is 0 Å². The number of para-hydroxylation sites is 1. The lowest BCUT2D eigenvalue weighted by molar-refractivity contribution is -0.119. The SMILES string of the molecule is NC(=O)C(Cc1c[nH]c2ccccc12)c1ccccc1. The average Bonchev–Trinajstić information content (AvgIpc) is 2.88. The number of amides is 1. The van der Waals surface area contributed by atoms with Gasteiger partial charge in [0.15, 0.2) is 0 Å². The predicted molar refractivity (Wildman–Crippen MR) is 80.4 cm³/mol. The van der Waals surface area contributed by atoms with Crippen molar-refractivity contribution in [1.29, 1.82) is 0 Å². The van der Waals surface area contributed by atoms with Gasteiger partial charge in [-0.15, -0.1) is 0 Å². The van der Waals surface area contributed by atoms with E-state index in [4.69, 9.17) is 5.73 Å². The number of carbonyl (C=O) groups excluding carboxylic acids is 1. The van der Waals surface area contributed by atoms with Crippen molar-refractivity contribution in [3.8, 4) is 0 Å². The third kappa shape index (κ3) is 2.30. The zero-order chi connectivity index (χ0) is 13.9. The molecule has 0 spiro atoms. The Balaban J connectivity index is 1.97. The standard InChI is InChI=1S/C17H16N2O/c18-17(20)15(12-6-2-1-3-7-12)10-13-11-19-16-9-5-4-8-14(13)16/h1-9,11,15,19H,10H2,(H2,18,20). The van der Waals surface area contributed by atoms with Crippen LogP contribution >= 0.6 is 0 Å². The van der Waals surface area contributed by atoms with Gasteiger partial charge in [0.2, 0.25) is 5.91 Å². The first-order chi connectivity index (χ1) is 9.75. The summed E-state index contributed by atoms with van der Waals surface area (Å²) in [5.74, 6) is -0.586. The molecule has 0 radical (unpaired) electrons. The summed E-state index contributed by atoms with van der Waals surface area (Å²) in [6.07, 6.45) is 2.58. The van der Waals surface area contributed by atoms with Crippen molar-refractivity contribution in [2.24, 2.45) is 5.73 Å². The number of hydrogen-bond acceptors (Lipinski definition) is 1. The topological polar surface area (TPSA) is 58.9 Å². The second-order valence-corrected chi connectivity index (χ2v) is 4.93. The maximum Gasteiger partial charge on any atom is 0.225 e. The lowest BCUT2D eigenvalue weighted by atomic mass is 9.91. The lowest BCUT2D eigenvalue weighted by Gasteiger charge is -2.13. The molecule has 0 aliphatic heterocycles. The molecule has 3 N–H and O–H groups in total. The Bertz CT molecular complexity index is 731. The van der Waals surface area contributed by atoms with Crippen LogP contribution in [0.15, 0.2) is 60.8 Å². The van der Waals surface area contributed by atoms with E-state index in [1.807, 2.05) is 54.7 Å². The number of nitrogens with one attached hydrogen (secondary N) is 1. The molecule has 3 aromatic rings. The molecule has 100 valence electrons. The van der Waals surface area contributed by atoms with Gasteiger partial charge in [-0.05, 0) is 23.6 Å². The number of aromatic nitrogens is 1. The summed E-state index contributed by atoms with van der Waals surface area (Å²) >= 11 is 0. The number of primary amides is 1. The molecule has 0 fully saturated rings. The van der Waals surface area contributed by atoms with Gasteiger partial charge in [0.05, 0.1) is 5.92 Å². The Morgan fingerprint density at radius 1 is 1.05 bits per heavy atom. The van der Waals surface area contributed by atoms with E-state index in [1.165, 1.54) is 0 Å². The quantitative estimate of drug-likeness (QED) is 0.747. The Labute approximate surface area is 117 Å². The van der Waals surface area contributed by atoms with Gasteiger partial charge in [0, 0.05) is 17.1 Å². The van der Waals surface area contributed by atoms with Crippen molar-refractivity contribution in [1.82, 2.24) is 4.98 Å². The molecule has 0 aliphatic rings. The largest absolute Gasteiger partial charge is 0.369 e. The van der Waals surface area contributed by atoms with Crippen molar-refractivity contribution >= 4 is 16.8 Å². The molecule has 1 aromatic heterocycles. The van der Waals surface area contributed by atoms with Crippen molar-refractivity contribution in [2.75, 3.05) is 0 Å². The Morgan fingerprint density at radius 2 is 1.75 bits per heavy atom. The summed E-state index contributed by atoms with van der Waals surface area (Å²) in [5, 5.41) is 1.15. The molecule has 1 amide bonds. The van der Waals surface area contributed by atoms with Crippen LogP contribution in [-0.4, -0.2) is 10.9 Å². The summed E-state index contributed by atoms with van der Waals surface area (Å²) in [6, 6.07) is 17.8. The number of rotatable bonds is 4. The second-order valence-electron chi connectivity index (χ2n) is 4.93. The van der Waals surface area contributed by atoms with Gasteiger partial charge in [0.25, 0.3) is 0 Å². The summed E-state index contributed by atoms with van der Waals surface area (Å²) in [5.41, 5.74) is 8.74. The number of aromatic amines is 1. The van der Waals surface area contributed by atoms with Crippen molar-refractivity contribution in [2.45, 2.75) is 12.3 Å². The Hall–Kier alpha value is -2.55. The number of H-pyrrole nitrogens is 1. The van der Waals surface area contributed by atoms with E-state index in [-0.39, 0.29) is 11.8 Å². The smallest absolute Gasteiger partial charge is 0.225 e. The number of benzene rings is 2. The summed E-state index contributed by atoms with van der Waals surface area (Å²) in [6.45, 7) is 0. The zero-order valence-electron chi connectivity index (χ0n) is 11.0. The van der Waals surface area contributed by atoms with Crippen LogP contribution in [0, 0.1) is 0 Å². The van der Waals surface area contributed by atoms with E-state index in [2.05, 4.69) is 11.1 Å². The van der Waals surface area contributed by atoms with Gasteiger partial charge < -0.3 is 10.7 Å². The molecule has 0 saturated heterocycles. The predicted octanol–water partition coefficient (Wildman–Crippen LogP) is 2.98. The molecule has 20 heavy (non-hydrogen) atoms. The third-order valence-corrected chi connectivity index (χ3v) is 3.64. The second kappa shape index (κ2) is 5.21. The minimum Gasteiger partial charge on any atom is -0.369 e. The number of nitrogens with two attached hydrogens (primary N) is 1. The highest BCUT2D eigenvalue weighted by Crippen LogP contribution is 2.25. The van der Waals surface area contributed by atoms with E-state index in [0.29, 0.717) is 6.42 Å². The lowest BCUT2D eigenvalue weighted by Crippen LogP contribution is -2.23. The number of carbonyl (C=O) groups is 1. The fourth-order valence-electron chi connectivity index (χ4n) is 2.59. The van der Waals surface area contributed by atoms with Crippen molar-refractivity contribution in [3.63, 3.8) is 0 Å². The molecule has 1 atom stereocenters. The van der Waals surface area contributed by atoms with Gasteiger partial charge >= 0.3 is 0 Å². The summed E-state index contributed by atoms with van der Waals surface area (Å²) in [4.78, 5) is 15.0. The third-order valence-electron chi connectivity index (χ3n) is 3.64. The molecule has 0 aliphatic carbocycles. The van der Waals surface area contributed by atoms with Crippen LogP contribution in [0.3, 0.4) is 0 Å². The van der Waals surface area contributed by atoms with Crippen LogP contribution in [0.5, 0.6) is 0 Å². The first kappa shape index (κ1) is 12.5. The zero-order valence-corrected chi connectivity index (χ0v) is 11.0. The highest BCUT2D eigenvalue weighted by molar-refractivity contribution is 5.86. The molecular weight excluding hydrogens is 248 g/mol. The molecule has 0 saturated carbocycles. The van der Waals surface area contributed by atoms with E-state index in [9.17, 15) is 4.79 Å². The monoisotopic (exact) mass is 264 g/mol. The van der Waals surface area contributed by atoms with E-state index < -0.39 is 0 Å². The molecule has 1 heterocycles. The van der Waals surface area contributed by atoms with Gasteiger partial charge in [0.1, 0.15) is 0 Å². The van der Waals surface area contributed by atoms with Gasteiger partial charge in [-0.3, -0.25) is 4.79 Å². The van der Waals surface area contributed by atoms with Crippen LogP contribution in [0.2, 0.25) is 0 Å². The normalized spacial score (nSPS) is 12.4. The van der Waals surface area contributed by atoms with E-state index >= 15 is 0 Å². The van der Waals surface area contributed by atoms with E-state index in [0.717, 1.165) is 22.0 Å². The van der Waals surface area contributed by atoms with E-state index in [1.54, 1.807) is 0 Å². The van der Waals surface area contributed by atoms with Crippen LogP contribution < -0.4 is 5.73 Å². The average molecular weight is 264 g/mol. The minimum absolute atomic E-state index is 0.290. The molecule has 3 heteroatoms. The van der Waals surface area contributed by atoms with Crippen LogP contribution in [0.25, 0.3) is 10.9 Å². The van der Waals surface area contributed by atoms with Crippen LogP contribution in [-0.2, 0) is 11.2 Å². The maximum atomic E-state index is 11.8. The molecule has 0 bridgehead atoms. The van der Waals surface area contributed by atoms with Gasteiger partial charge in [-0.2, -0.15) is 0 Å². The van der Waals surface area contributed by atoms with Gasteiger partial charge in [-0.25, -0.2) is 0 Å². The van der Waals surface area contributed by atoms with Crippen LogP contribution in [0.1, 0.15) is 17.0 Å². The fourth-order valence-corrected chi connectivity index (χ4v) is 2.59. The van der Waals surface area contributed by atoms with Gasteiger partial charge in [-0.1, -0.05) is 48.5 Å². The van der Waals surface area contributed by atoms with Crippen molar-refractivity contribution in [3.05, 3.63) is 71.9 Å². The molecule has 3 rings (SSSR count). The first-order valence-electron chi connectivity index (χ1n) is 6.65. The number of fused-ring (bicyclic) bond motifs is 1. The Kier molecular flexibility index (Phi) is 3.25. The molecular formula is C17H16N2O.